The highest BCUT2D eigenvalue weighted by Gasteiger charge is 2.32. The maximum Gasteiger partial charge on any atom is 0.248 e. The molecule has 172 valence electrons. The quantitative estimate of drug-likeness (QED) is 0.719. The zero-order valence-electron chi connectivity index (χ0n) is 18.9. The number of piperazine rings is 1. The fourth-order valence-electron chi connectivity index (χ4n) is 2.88. The van der Waals surface area contributed by atoms with E-state index < -0.39 is 5.82 Å². The van der Waals surface area contributed by atoms with Crippen LogP contribution in [-0.2, 0) is 20.9 Å². The minimum atomic E-state index is -0.594. The van der Waals surface area contributed by atoms with Crippen molar-refractivity contribution in [2.75, 3.05) is 18.0 Å². The number of halogens is 1. The molecule has 0 unspecified atom stereocenters. The molecule has 1 aliphatic heterocycles. The first-order valence-corrected chi connectivity index (χ1v) is 10.3. The van der Waals surface area contributed by atoms with Gasteiger partial charge in [-0.1, -0.05) is 36.8 Å². The van der Waals surface area contributed by atoms with Crippen molar-refractivity contribution in [1.82, 2.24) is 9.88 Å². The monoisotopic (exact) mass is 442 g/mol. The zero-order chi connectivity index (χ0) is 24.3. The number of hydrogen-bond donors (Lipinski definition) is 1. The van der Waals surface area contributed by atoms with Gasteiger partial charge < -0.3 is 10.6 Å². The number of aromatic nitrogens is 1. The number of carbonyl (C=O) groups is 3. The zero-order valence-corrected chi connectivity index (χ0v) is 18.9. The number of hydrogen-bond acceptors (Lipinski definition) is 4. The van der Waals surface area contributed by atoms with Crippen LogP contribution in [0.5, 0.6) is 0 Å². The Morgan fingerprint density at radius 1 is 1.09 bits per heavy atom. The number of amides is 3. The van der Waals surface area contributed by atoms with E-state index in [9.17, 15) is 18.8 Å². The van der Waals surface area contributed by atoms with Crippen LogP contribution in [-0.4, -0.2) is 40.7 Å². The smallest absolute Gasteiger partial charge is 0.248 e. The van der Waals surface area contributed by atoms with Crippen molar-refractivity contribution in [3.8, 4) is 0 Å². The van der Waals surface area contributed by atoms with Crippen LogP contribution in [0.15, 0.2) is 49.7 Å². The lowest BCUT2D eigenvalue weighted by atomic mass is 10.1. The SMILES string of the molecule is C=C.CCCC(N)=O.Cc1ccc(CN2CC(=O)N(c3ncc(C)cc3F)CC2=O)cc1. The molecule has 1 saturated heterocycles. The molecule has 1 aromatic carbocycles. The third-order valence-electron chi connectivity index (χ3n) is 4.48. The third kappa shape index (κ3) is 7.94. The number of primary amides is 1. The minimum Gasteiger partial charge on any atom is -0.370 e. The summed E-state index contributed by atoms with van der Waals surface area (Å²) in [6.45, 7) is 11.7. The Balaban J connectivity index is 0.000000556. The van der Waals surface area contributed by atoms with Gasteiger partial charge in [-0.05, 0) is 37.5 Å². The molecule has 1 aromatic heterocycles. The Kier molecular flexibility index (Phi) is 10.8. The summed E-state index contributed by atoms with van der Waals surface area (Å²) in [6, 6.07) is 9.09. The lowest BCUT2D eigenvalue weighted by Gasteiger charge is -2.33. The molecule has 0 atom stereocenters. The number of pyridine rings is 1. The number of carbonyl (C=O) groups excluding carboxylic acids is 3. The number of nitrogens with zero attached hydrogens (tertiary/aromatic N) is 3. The van der Waals surface area contributed by atoms with Gasteiger partial charge in [-0.2, -0.15) is 0 Å². The lowest BCUT2D eigenvalue weighted by Crippen LogP contribution is -2.54. The second-order valence-electron chi connectivity index (χ2n) is 7.25. The molecule has 2 N–H and O–H groups in total. The molecule has 0 radical (unpaired) electrons. The van der Waals surface area contributed by atoms with E-state index in [2.05, 4.69) is 18.1 Å². The van der Waals surface area contributed by atoms with E-state index >= 15 is 0 Å². The van der Waals surface area contributed by atoms with E-state index in [0.29, 0.717) is 18.5 Å². The first-order chi connectivity index (χ1) is 15.2. The fraction of sp³-hybridized carbons (Fsp3) is 0.333. The van der Waals surface area contributed by atoms with Gasteiger partial charge in [0.2, 0.25) is 17.7 Å². The van der Waals surface area contributed by atoms with Gasteiger partial charge in [-0.25, -0.2) is 9.37 Å². The standard InChI is InChI=1S/C18H18FN3O2.C4H9NO.C2H4/c1-12-3-5-14(6-4-12)9-21-10-17(24)22(11-16(21)23)18-15(19)7-13(2)8-20-18;1-2-3-4(5)6;1-2/h3-8H,9-11H2,1-2H3;2-3H2,1H3,(H2,5,6);1-2H2. The molecule has 0 saturated carbocycles. The molecule has 0 bridgehead atoms. The van der Waals surface area contributed by atoms with Crippen molar-refractivity contribution in [2.24, 2.45) is 5.73 Å². The topological polar surface area (TPSA) is 96.6 Å². The Labute approximate surface area is 188 Å². The molecule has 3 amide bonds. The van der Waals surface area contributed by atoms with E-state index in [4.69, 9.17) is 5.73 Å². The molecule has 8 heteroatoms. The van der Waals surface area contributed by atoms with Crippen LogP contribution in [0.3, 0.4) is 0 Å². The number of anilines is 1. The van der Waals surface area contributed by atoms with E-state index in [1.165, 1.54) is 17.2 Å². The average molecular weight is 443 g/mol. The Hall–Kier alpha value is -3.55. The van der Waals surface area contributed by atoms with E-state index in [0.717, 1.165) is 22.4 Å². The molecular formula is C24H31FN4O3. The van der Waals surface area contributed by atoms with Crippen molar-refractivity contribution in [3.63, 3.8) is 0 Å². The summed E-state index contributed by atoms with van der Waals surface area (Å²) in [5.74, 6) is -1.46. The number of aryl methyl sites for hydroxylation is 2. The highest BCUT2D eigenvalue weighted by molar-refractivity contribution is 6.04. The predicted octanol–water partition coefficient (Wildman–Crippen LogP) is 3.29. The largest absolute Gasteiger partial charge is 0.370 e. The normalized spacial score (nSPS) is 13.0. The van der Waals surface area contributed by atoms with Gasteiger partial charge in [0.15, 0.2) is 11.6 Å². The van der Waals surface area contributed by atoms with Gasteiger partial charge in [0.1, 0.15) is 13.1 Å². The van der Waals surface area contributed by atoms with Crippen LogP contribution in [0.1, 0.15) is 36.5 Å². The van der Waals surface area contributed by atoms with Gasteiger partial charge in [-0.3, -0.25) is 19.3 Å². The van der Waals surface area contributed by atoms with Gasteiger partial charge in [0.05, 0.1) is 0 Å². The van der Waals surface area contributed by atoms with Crippen LogP contribution in [0.2, 0.25) is 0 Å². The second kappa shape index (κ2) is 13.0. The minimum absolute atomic E-state index is 0.0816. The molecular weight excluding hydrogens is 411 g/mol. The highest BCUT2D eigenvalue weighted by Crippen LogP contribution is 2.20. The Bertz CT molecular complexity index is 931. The summed E-state index contributed by atoms with van der Waals surface area (Å²) in [7, 11) is 0. The Morgan fingerprint density at radius 2 is 1.72 bits per heavy atom. The summed E-state index contributed by atoms with van der Waals surface area (Å²) in [5, 5.41) is 0. The third-order valence-corrected chi connectivity index (χ3v) is 4.48. The maximum atomic E-state index is 14.0. The van der Waals surface area contributed by atoms with E-state index in [1.54, 1.807) is 6.92 Å². The highest BCUT2D eigenvalue weighted by atomic mass is 19.1. The maximum absolute atomic E-state index is 14.0. The van der Waals surface area contributed by atoms with Crippen molar-refractivity contribution in [1.29, 1.82) is 0 Å². The number of nitrogens with two attached hydrogens (primary N) is 1. The molecule has 32 heavy (non-hydrogen) atoms. The van der Waals surface area contributed by atoms with Crippen molar-refractivity contribution >= 4 is 23.5 Å². The van der Waals surface area contributed by atoms with E-state index in [1.807, 2.05) is 38.1 Å². The molecule has 0 spiro atoms. The molecule has 2 heterocycles. The van der Waals surface area contributed by atoms with Crippen LogP contribution in [0, 0.1) is 19.7 Å². The lowest BCUT2D eigenvalue weighted by molar-refractivity contribution is -0.138. The van der Waals surface area contributed by atoms with Crippen molar-refractivity contribution in [2.45, 2.75) is 40.2 Å². The van der Waals surface area contributed by atoms with Crippen LogP contribution >= 0.6 is 0 Å². The first kappa shape index (κ1) is 26.5. The molecule has 1 fully saturated rings. The fourth-order valence-corrected chi connectivity index (χ4v) is 2.88. The molecule has 0 aliphatic carbocycles. The summed E-state index contributed by atoms with van der Waals surface area (Å²) in [6.07, 6.45) is 2.85. The van der Waals surface area contributed by atoms with Crippen LogP contribution in [0.25, 0.3) is 0 Å². The first-order valence-electron chi connectivity index (χ1n) is 10.3. The number of benzene rings is 1. The van der Waals surface area contributed by atoms with Gasteiger partial charge in [0.25, 0.3) is 0 Å². The molecule has 1 aliphatic rings. The molecule has 7 nitrogen and oxygen atoms in total. The summed E-state index contributed by atoms with van der Waals surface area (Å²) < 4.78 is 14.0. The Morgan fingerprint density at radius 3 is 2.22 bits per heavy atom. The summed E-state index contributed by atoms with van der Waals surface area (Å²) in [5.41, 5.74) is 7.51. The van der Waals surface area contributed by atoms with Gasteiger partial charge >= 0.3 is 0 Å². The van der Waals surface area contributed by atoms with Gasteiger partial charge in [-0.15, -0.1) is 13.2 Å². The number of rotatable bonds is 5. The van der Waals surface area contributed by atoms with Crippen LogP contribution < -0.4 is 10.6 Å². The van der Waals surface area contributed by atoms with E-state index in [-0.39, 0.29) is 36.6 Å². The molecule has 2 aromatic rings. The second-order valence-corrected chi connectivity index (χ2v) is 7.25. The summed E-state index contributed by atoms with van der Waals surface area (Å²) in [4.78, 5) is 41.1. The van der Waals surface area contributed by atoms with Crippen molar-refractivity contribution < 1.29 is 18.8 Å². The van der Waals surface area contributed by atoms with Crippen LogP contribution in [0.4, 0.5) is 10.2 Å². The van der Waals surface area contributed by atoms with Gasteiger partial charge in [0, 0.05) is 19.2 Å². The summed E-state index contributed by atoms with van der Waals surface area (Å²) >= 11 is 0. The average Bonchev–Trinajstić information content (AvgIpc) is 2.74. The predicted molar refractivity (Wildman–Crippen MR) is 123 cm³/mol. The molecule has 3 rings (SSSR count). The van der Waals surface area contributed by atoms with Crippen molar-refractivity contribution in [3.05, 3.63) is 72.2 Å².